The molecule has 7 nitrogen and oxygen atoms in total. The molecule has 2 aromatic carbocycles. The highest BCUT2D eigenvalue weighted by molar-refractivity contribution is 6.32. The van der Waals surface area contributed by atoms with E-state index >= 15 is 0 Å². The predicted molar refractivity (Wildman–Crippen MR) is 120 cm³/mol. The van der Waals surface area contributed by atoms with Crippen molar-refractivity contribution in [2.45, 2.75) is 20.8 Å². The molecule has 8 heteroatoms. The summed E-state index contributed by atoms with van der Waals surface area (Å²) in [4.78, 5) is 23.2. The van der Waals surface area contributed by atoms with Gasteiger partial charge >= 0.3 is 5.97 Å². The minimum absolute atomic E-state index is 0.213. The molecule has 31 heavy (non-hydrogen) atoms. The van der Waals surface area contributed by atoms with Crippen LogP contribution in [0, 0.1) is 20.8 Å². The average molecular weight is 440 g/mol. The summed E-state index contributed by atoms with van der Waals surface area (Å²) in [6.07, 6.45) is 1.56. The van der Waals surface area contributed by atoms with Gasteiger partial charge in [-0.2, -0.15) is 5.10 Å². The van der Waals surface area contributed by atoms with Crippen LogP contribution in [0.4, 0.5) is 0 Å². The van der Waals surface area contributed by atoms with Crippen LogP contribution in [-0.4, -0.2) is 34.4 Å². The summed E-state index contributed by atoms with van der Waals surface area (Å²) < 4.78 is 7.40. The number of ether oxygens (including phenoxy) is 1. The number of nitrogens with one attached hydrogen (secondary N) is 1. The second-order valence-corrected chi connectivity index (χ2v) is 7.39. The van der Waals surface area contributed by atoms with Crippen LogP contribution in [-0.2, 0) is 4.79 Å². The van der Waals surface area contributed by atoms with Gasteiger partial charge in [0.1, 0.15) is 5.75 Å². The number of benzene rings is 2. The van der Waals surface area contributed by atoms with Crippen LogP contribution in [0.1, 0.15) is 32.9 Å². The molecule has 0 unspecified atom stereocenters. The van der Waals surface area contributed by atoms with Gasteiger partial charge in [-0.15, -0.1) is 0 Å². The van der Waals surface area contributed by atoms with Crippen molar-refractivity contribution >= 4 is 29.7 Å². The van der Waals surface area contributed by atoms with E-state index in [1.807, 2.05) is 31.4 Å². The molecule has 1 aromatic heterocycles. The minimum Gasteiger partial charge on any atom is -0.482 e. The molecule has 0 radical (unpaired) electrons. The Bertz CT molecular complexity index is 1170. The van der Waals surface area contributed by atoms with E-state index in [2.05, 4.69) is 10.5 Å². The Hall–Kier alpha value is -3.58. The van der Waals surface area contributed by atoms with E-state index in [1.165, 1.54) is 0 Å². The quantitative estimate of drug-likeness (QED) is 0.424. The number of carboxylic acids is 1. The van der Waals surface area contributed by atoms with Crippen LogP contribution in [0.2, 0.25) is 5.02 Å². The number of hydrogen-bond donors (Lipinski definition) is 2. The highest BCUT2D eigenvalue weighted by Crippen LogP contribution is 2.24. The Labute approximate surface area is 184 Å². The van der Waals surface area contributed by atoms with E-state index in [9.17, 15) is 9.59 Å². The Kier molecular flexibility index (Phi) is 6.77. The third-order valence-corrected chi connectivity index (χ3v) is 5.06. The highest BCUT2D eigenvalue weighted by Gasteiger charge is 2.13. The molecule has 0 aliphatic heterocycles. The number of hydrogen-bond acceptors (Lipinski definition) is 4. The van der Waals surface area contributed by atoms with Gasteiger partial charge in [0.15, 0.2) is 6.61 Å². The van der Waals surface area contributed by atoms with E-state index in [0.717, 1.165) is 28.2 Å². The standard InChI is InChI=1S/C23H22ClN3O4/c1-14-10-17(23(29)30)8-9-20(14)27-15(2)11-18(16(27)3)12-25-26-22(28)13-31-21-7-5-4-6-19(21)24/h4-12H,13H2,1-3H3,(H,26,28)(H,29,30)/b25-12-. The number of para-hydroxylation sites is 1. The summed E-state index contributed by atoms with van der Waals surface area (Å²) >= 11 is 5.99. The highest BCUT2D eigenvalue weighted by atomic mass is 35.5. The maximum Gasteiger partial charge on any atom is 0.335 e. The second-order valence-electron chi connectivity index (χ2n) is 6.98. The average Bonchev–Trinajstić information content (AvgIpc) is 3.00. The Morgan fingerprint density at radius 3 is 2.58 bits per heavy atom. The zero-order valence-corrected chi connectivity index (χ0v) is 18.1. The molecule has 3 rings (SSSR count). The van der Waals surface area contributed by atoms with Gasteiger partial charge in [0.2, 0.25) is 0 Å². The van der Waals surface area contributed by atoms with Crippen molar-refractivity contribution in [2.75, 3.05) is 6.61 Å². The summed E-state index contributed by atoms with van der Waals surface area (Å²) in [5.41, 5.74) is 7.10. The number of carboxylic acid groups (broad SMARTS) is 1. The largest absolute Gasteiger partial charge is 0.482 e. The second kappa shape index (κ2) is 9.49. The van der Waals surface area contributed by atoms with Crippen LogP contribution < -0.4 is 10.2 Å². The number of aromatic nitrogens is 1. The lowest BCUT2D eigenvalue weighted by Gasteiger charge is -2.13. The molecular formula is C23H22ClN3O4. The maximum atomic E-state index is 12.0. The zero-order valence-electron chi connectivity index (χ0n) is 17.3. The molecule has 0 aliphatic rings. The number of rotatable bonds is 7. The van der Waals surface area contributed by atoms with Crippen molar-refractivity contribution in [1.29, 1.82) is 0 Å². The zero-order chi connectivity index (χ0) is 22.5. The lowest BCUT2D eigenvalue weighted by molar-refractivity contribution is -0.123. The number of carbonyl (C=O) groups excluding carboxylic acids is 1. The van der Waals surface area contributed by atoms with Crippen molar-refractivity contribution in [3.63, 3.8) is 0 Å². The Morgan fingerprint density at radius 2 is 1.90 bits per heavy atom. The number of hydrazone groups is 1. The van der Waals surface area contributed by atoms with E-state index < -0.39 is 11.9 Å². The summed E-state index contributed by atoms with van der Waals surface area (Å²) in [6.45, 7) is 5.54. The molecule has 1 heterocycles. The summed E-state index contributed by atoms with van der Waals surface area (Å²) in [5.74, 6) is -0.945. The summed E-state index contributed by atoms with van der Waals surface area (Å²) in [5, 5.41) is 13.6. The molecule has 2 N–H and O–H groups in total. The third-order valence-electron chi connectivity index (χ3n) is 4.74. The fourth-order valence-electron chi connectivity index (χ4n) is 3.24. The maximum absolute atomic E-state index is 12.0. The van der Waals surface area contributed by atoms with E-state index in [4.69, 9.17) is 21.4 Å². The van der Waals surface area contributed by atoms with E-state index in [-0.39, 0.29) is 12.2 Å². The van der Waals surface area contributed by atoms with Gasteiger partial charge in [0, 0.05) is 22.6 Å². The fraction of sp³-hybridized carbons (Fsp3) is 0.174. The first kappa shape index (κ1) is 22.1. The molecule has 3 aromatic rings. The molecule has 1 amide bonds. The van der Waals surface area contributed by atoms with Crippen LogP contribution in [0.3, 0.4) is 0 Å². The molecule has 0 bridgehead atoms. The number of halogens is 1. The summed E-state index contributed by atoms with van der Waals surface area (Å²) in [6, 6.07) is 13.9. The van der Waals surface area contributed by atoms with Crippen molar-refractivity contribution in [1.82, 2.24) is 9.99 Å². The van der Waals surface area contributed by atoms with Gasteiger partial charge in [0.25, 0.3) is 5.91 Å². The first-order valence-electron chi connectivity index (χ1n) is 9.50. The van der Waals surface area contributed by atoms with Crippen molar-refractivity contribution in [2.24, 2.45) is 5.10 Å². The lowest BCUT2D eigenvalue weighted by Crippen LogP contribution is -2.24. The van der Waals surface area contributed by atoms with Gasteiger partial charge in [-0.05, 0) is 62.7 Å². The SMILES string of the molecule is Cc1cc(C(=O)O)ccc1-n1c(C)cc(/C=N\NC(=O)COc2ccccc2Cl)c1C. The molecule has 0 atom stereocenters. The third kappa shape index (κ3) is 5.13. The van der Waals surface area contributed by atoms with Crippen molar-refractivity contribution < 1.29 is 19.4 Å². The molecule has 0 aliphatic carbocycles. The fourth-order valence-corrected chi connectivity index (χ4v) is 3.43. The number of amides is 1. The van der Waals surface area contributed by atoms with E-state index in [1.54, 1.807) is 48.7 Å². The minimum atomic E-state index is -0.960. The topological polar surface area (TPSA) is 92.9 Å². The van der Waals surface area contributed by atoms with E-state index in [0.29, 0.717) is 10.8 Å². The van der Waals surface area contributed by atoms with Crippen LogP contribution >= 0.6 is 11.6 Å². The molecule has 0 spiro atoms. The van der Waals surface area contributed by atoms with Crippen molar-refractivity contribution in [3.8, 4) is 11.4 Å². The molecule has 160 valence electrons. The Morgan fingerprint density at radius 1 is 1.16 bits per heavy atom. The molecule has 0 saturated heterocycles. The Balaban J connectivity index is 1.69. The monoisotopic (exact) mass is 439 g/mol. The number of aromatic carboxylic acids is 1. The van der Waals surface area contributed by atoms with Crippen LogP contribution in [0.15, 0.2) is 53.6 Å². The lowest BCUT2D eigenvalue weighted by atomic mass is 10.1. The number of aryl methyl sites for hydroxylation is 2. The van der Waals surface area contributed by atoms with Gasteiger partial charge in [-0.25, -0.2) is 10.2 Å². The van der Waals surface area contributed by atoms with Gasteiger partial charge in [0.05, 0.1) is 16.8 Å². The molecular weight excluding hydrogens is 418 g/mol. The molecule has 0 saturated carbocycles. The summed E-state index contributed by atoms with van der Waals surface area (Å²) in [7, 11) is 0. The van der Waals surface area contributed by atoms with Gasteiger partial charge < -0.3 is 14.4 Å². The van der Waals surface area contributed by atoms with Crippen LogP contribution in [0.5, 0.6) is 5.75 Å². The number of carbonyl (C=O) groups is 2. The van der Waals surface area contributed by atoms with Gasteiger partial charge in [-0.1, -0.05) is 23.7 Å². The van der Waals surface area contributed by atoms with Crippen LogP contribution in [0.25, 0.3) is 5.69 Å². The normalized spacial score (nSPS) is 11.0. The first-order chi connectivity index (χ1) is 14.8. The van der Waals surface area contributed by atoms with Crippen molar-refractivity contribution in [3.05, 3.63) is 81.6 Å². The number of nitrogens with zero attached hydrogens (tertiary/aromatic N) is 2. The molecule has 0 fully saturated rings. The predicted octanol–water partition coefficient (Wildman–Crippen LogP) is 4.28. The van der Waals surface area contributed by atoms with Gasteiger partial charge in [-0.3, -0.25) is 4.79 Å². The first-order valence-corrected chi connectivity index (χ1v) is 9.88. The smallest absolute Gasteiger partial charge is 0.335 e.